The van der Waals surface area contributed by atoms with Crippen LogP contribution in [0.1, 0.15) is 6.42 Å². The third kappa shape index (κ3) is 2.72. The first kappa shape index (κ1) is 16.0. The molecule has 24 heavy (non-hydrogen) atoms. The van der Waals surface area contributed by atoms with Crippen molar-refractivity contribution >= 4 is 16.7 Å². The van der Waals surface area contributed by atoms with E-state index in [2.05, 4.69) is 4.98 Å². The van der Waals surface area contributed by atoms with Gasteiger partial charge in [-0.3, -0.25) is 9.36 Å². The molecule has 6 nitrogen and oxygen atoms in total. The van der Waals surface area contributed by atoms with Gasteiger partial charge in [0.05, 0.1) is 7.11 Å². The molecule has 6 heteroatoms. The summed E-state index contributed by atoms with van der Waals surface area (Å²) in [6.07, 6.45) is 2.36. The van der Waals surface area contributed by atoms with Crippen LogP contribution in [-0.2, 0) is 6.54 Å². The summed E-state index contributed by atoms with van der Waals surface area (Å²) in [4.78, 5) is 17.2. The van der Waals surface area contributed by atoms with Gasteiger partial charge in [-0.15, -0.1) is 0 Å². The van der Waals surface area contributed by atoms with Gasteiger partial charge in [0.1, 0.15) is 17.1 Å². The van der Waals surface area contributed by atoms with Gasteiger partial charge < -0.3 is 16.2 Å². The second kappa shape index (κ2) is 6.72. The summed E-state index contributed by atoms with van der Waals surface area (Å²) in [5.41, 5.74) is 13.9. The highest BCUT2D eigenvalue weighted by atomic mass is 16.5. The molecule has 124 valence electrons. The van der Waals surface area contributed by atoms with E-state index in [1.165, 1.54) is 0 Å². The number of hydrogen-bond donors (Lipinski definition) is 2. The molecule has 0 unspecified atom stereocenters. The highest BCUT2D eigenvalue weighted by Crippen LogP contribution is 2.32. The van der Waals surface area contributed by atoms with Crippen LogP contribution < -0.4 is 21.8 Å². The predicted octanol–water partition coefficient (Wildman–Crippen LogP) is 2.00. The first-order valence-corrected chi connectivity index (χ1v) is 7.79. The summed E-state index contributed by atoms with van der Waals surface area (Å²) < 4.78 is 6.88. The third-order valence-electron chi connectivity index (χ3n) is 4.00. The van der Waals surface area contributed by atoms with Crippen LogP contribution in [0, 0.1) is 0 Å². The molecule has 0 saturated carbocycles. The van der Waals surface area contributed by atoms with Crippen molar-refractivity contribution < 1.29 is 4.74 Å². The second-order valence-electron chi connectivity index (χ2n) is 5.49. The molecular formula is C18H20N4O2. The summed E-state index contributed by atoms with van der Waals surface area (Å²) in [6, 6.07) is 11.2. The summed E-state index contributed by atoms with van der Waals surface area (Å²) in [5.74, 6) is 0.705. The Hall–Kier alpha value is -2.86. The van der Waals surface area contributed by atoms with Crippen molar-refractivity contribution in [2.45, 2.75) is 13.0 Å². The number of hydrogen-bond acceptors (Lipinski definition) is 5. The van der Waals surface area contributed by atoms with E-state index in [0.717, 1.165) is 10.9 Å². The average Bonchev–Trinajstić information content (AvgIpc) is 2.62. The highest BCUT2D eigenvalue weighted by molar-refractivity contribution is 5.99. The molecule has 2 aromatic heterocycles. The Morgan fingerprint density at radius 2 is 2.08 bits per heavy atom. The van der Waals surface area contributed by atoms with Gasteiger partial charge in [-0.05, 0) is 42.8 Å². The zero-order valence-corrected chi connectivity index (χ0v) is 13.5. The highest BCUT2D eigenvalue weighted by Gasteiger charge is 2.17. The van der Waals surface area contributed by atoms with E-state index in [-0.39, 0.29) is 11.2 Å². The Balaban J connectivity index is 2.33. The van der Waals surface area contributed by atoms with Crippen molar-refractivity contribution in [1.82, 2.24) is 9.55 Å². The normalized spacial score (nSPS) is 10.9. The molecule has 3 rings (SSSR count). The summed E-state index contributed by atoms with van der Waals surface area (Å²) >= 11 is 0. The fourth-order valence-electron chi connectivity index (χ4n) is 2.85. The number of methoxy groups -OCH3 is 1. The zero-order chi connectivity index (χ0) is 17.1. The molecule has 0 fully saturated rings. The molecule has 0 saturated heterocycles. The topological polar surface area (TPSA) is 96.2 Å². The molecular weight excluding hydrogens is 304 g/mol. The number of benzene rings is 1. The summed E-state index contributed by atoms with van der Waals surface area (Å²) in [6.45, 7) is 0.990. The Morgan fingerprint density at radius 3 is 2.83 bits per heavy atom. The van der Waals surface area contributed by atoms with Crippen molar-refractivity contribution in [3.8, 4) is 16.9 Å². The molecule has 3 aromatic rings. The molecule has 1 aromatic carbocycles. The third-order valence-corrected chi connectivity index (χ3v) is 4.00. The van der Waals surface area contributed by atoms with Crippen LogP contribution in [0.5, 0.6) is 5.75 Å². The van der Waals surface area contributed by atoms with Crippen molar-refractivity contribution in [1.29, 1.82) is 0 Å². The Bertz CT molecular complexity index is 934. The van der Waals surface area contributed by atoms with E-state index in [9.17, 15) is 4.79 Å². The van der Waals surface area contributed by atoms with Crippen LogP contribution >= 0.6 is 0 Å². The maximum atomic E-state index is 12.8. The number of aryl methyl sites for hydroxylation is 1. The SMILES string of the molecule is COc1cccc(-c2c(N)c(=O)n(CCCN)c3ncccc23)c1. The van der Waals surface area contributed by atoms with E-state index in [1.807, 2.05) is 36.4 Å². The minimum absolute atomic E-state index is 0.209. The van der Waals surface area contributed by atoms with E-state index < -0.39 is 0 Å². The lowest BCUT2D eigenvalue weighted by molar-refractivity contribution is 0.415. The van der Waals surface area contributed by atoms with Gasteiger partial charge >= 0.3 is 0 Å². The molecule has 0 atom stereocenters. The van der Waals surface area contributed by atoms with Crippen molar-refractivity contribution in [2.24, 2.45) is 5.73 Å². The number of aromatic nitrogens is 2. The number of rotatable bonds is 5. The maximum Gasteiger partial charge on any atom is 0.275 e. The lowest BCUT2D eigenvalue weighted by atomic mass is 10.0. The average molecular weight is 324 g/mol. The number of nitrogens with two attached hydrogens (primary N) is 2. The first-order chi connectivity index (χ1) is 11.7. The second-order valence-corrected chi connectivity index (χ2v) is 5.49. The van der Waals surface area contributed by atoms with Crippen LogP contribution in [0.4, 0.5) is 5.69 Å². The van der Waals surface area contributed by atoms with Gasteiger partial charge in [-0.1, -0.05) is 12.1 Å². The zero-order valence-electron chi connectivity index (χ0n) is 13.5. The monoisotopic (exact) mass is 324 g/mol. The van der Waals surface area contributed by atoms with Crippen LogP contribution in [0.3, 0.4) is 0 Å². The minimum atomic E-state index is -0.243. The van der Waals surface area contributed by atoms with E-state index in [0.29, 0.717) is 36.5 Å². The van der Waals surface area contributed by atoms with Crippen LogP contribution in [-0.4, -0.2) is 23.2 Å². The maximum absolute atomic E-state index is 12.8. The lowest BCUT2D eigenvalue weighted by Gasteiger charge is -2.15. The fraction of sp³-hybridized carbons (Fsp3) is 0.222. The van der Waals surface area contributed by atoms with Gasteiger partial charge in [-0.25, -0.2) is 4.98 Å². The Morgan fingerprint density at radius 1 is 1.25 bits per heavy atom. The molecule has 0 aliphatic rings. The largest absolute Gasteiger partial charge is 0.497 e. The first-order valence-electron chi connectivity index (χ1n) is 7.79. The Kier molecular flexibility index (Phi) is 4.48. The molecule has 4 N–H and O–H groups in total. The molecule has 0 amide bonds. The molecule has 0 aliphatic heterocycles. The number of anilines is 1. The molecule has 0 bridgehead atoms. The van der Waals surface area contributed by atoms with E-state index in [1.54, 1.807) is 17.9 Å². The number of fused-ring (bicyclic) bond motifs is 1. The van der Waals surface area contributed by atoms with Crippen LogP contribution in [0.15, 0.2) is 47.4 Å². The van der Waals surface area contributed by atoms with Crippen molar-refractivity contribution in [3.05, 3.63) is 52.9 Å². The number of nitrogen functional groups attached to an aromatic ring is 1. The van der Waals surface area contributed by atoms with Gasteiger partial charge in [0.2, 0.25) is 0 Å². The standard InChI is InChI=1S/C18H20N4O2/c1-24-13-6-2-5-12(11-13)15-14-7-3-9-21-17(14)22(10-4-8-19)18(23)16(15)20/h2-3,5-7,9,11H,4,8,10,19-20H2,1H3. The molecule has 0 spiro atoms. The van der Waals surface area contributed by atoms with Gasteiger partial charge in [-0.2, -0.15) is 0 Å². The quantitative estimate of drug-likeness (QED) is 0.748. The van der Waals surface area contributed by atoms with Crippen LogP contribution in [0.25, 0.3) is 22.2 Å². The predicted molar refractivity (Wildman–Crippen MR) is 96.1 cm³/mol. The summed E-state index contributed by atoms with van der Waals surface area (Å²) in [7, 11) is 1.60. The van der Waals surface area contributed by atoms with Gasteiger partial charge in [0.25, 0.3) is 5.56 Å². The number of ether oxygens (including phenoxy) is 1. The van der Waals surface area contributed by atoms with Gasteiger partial charge in [0, 0.05) is 23.7 Å². The fourth-order valence-corrected chi connectivity index (χ4v) is 2.85. The Labute approximate surface area is 139 Å². The molecule has 2 heterocycles. The van der Waals surface area contributed by atoms with Gasteiger partial charge in [0.15, 0.2) is 0 Å². The smallest absolute Gasteiger partial charge is 0.275 e. The number of nitrogens with zero attached hydrogens (tertiary/aromatic N) is 2. The summed E-state index contributed by atoms with van der Waals surface area (Å²) in [5, 5.41) is 0.833. The number of pyridine rings is 2. The van der Waals surface area contributed by atoms with Crippen molar-refractivity contribution in [3.63, 3.8) is 0 Å². The van der Waals surface area contributed by atoms with E-state index in [4.69, 9.17) is 16.2 Å². The molecule has 0 aliphatic carbocycles. The molecule has 0 radical (unpaired) electrons. The lowest BCUT2D eigenvalue weighted by Crippen LogP contribution is -2.26. The van der Waals surface area contributed by atoms with Crippen LogP contribution in [0.2, 0.25) is 0 Å². The van der Waals surface area contributed by atoms with E-state index >= 15 is 0 Å². The van der Waals surface area contributed by atoms with Crippen molar-refractivity contribution in [2.75, 3.05) is 19.4 Å². The minimum Gasteiger partial charge on any atom is -0.497 e.